The second-order valence-corrected chi connectivity index (χ2v) is 3.91. The van der Waals surface area contributed by atoms with Crippen molar-refractivity contribution in [2.75, 3.05) is 20.8 Å². The maximum Gasteiger partial charge on any atom is 0.416 e. The molecular weight excluding hydrogens is 293 g/mol. The van der Waals surface area contributed by atoms with E-state index in [1.807, 2.05) is 0 Å². The molecule has 0 amide bonds. The molecule has 0 aliphatic carbocycles. The van der Waals surface area contributed by atoms with Gasteiger partial charge in [0.05, 0.1) is 26.4 Å². The van der Waals surface area contributed by atoms with E-state index in [4.69, 9.17) is 9.47 Å². The van der Waals surface area contributed by atoms with E-state index in [1.54, 1.807) is 0 Å². The minimum atomic E-state index is -4.78. The average Bonchev–Trinajstić information content (AvgIpc) is 2.43. The van der Waals surface area contributed by atoms with Crippen LogP contribution in [0.1, 0.15) is 24.2 Å². The molecule has 0 fully saturated rings. The minimum absolute atomic E-state index is 0.0381. The molecule has 0 aliphatic rings. The van der Waals surface area contributed by atoms with Crippen molar-refractivity contribution in [3.8, 4) is 11.5 Å². The van der Waals surface area contributed by atoms with Crippen molar-refractivity contribution in [1.82, 2.24) is 0 Å². The quantitative estimate of drug-likeness (QED) is 0.846. The van der Waals surface area contributed by atoms with E-state index in [0.29, 0.717) is 6.07 Å². The number of halogens is 3. The first kappa shape index (κ1) is 17.1. The molecule has 1 N–H and O–H groups in total. The Labute approximate surface area is 119 Å². The van der Waals surface area contributed by atoms with Gasteiger partial charge in [-0.15, -0.1) is 0 Å². The van der Waals surface area contributed by atoms with Gasteiger partial charge in [0.15, 0.2) is 17.6 Å². The van der Waals surface area contributed by atoms with Gasteiger partial charge < -0.3 is 19.3 Å². The fraction of sp³-hybridized carbons (Fsp3) is 0.462. The van der Waals surface area contributed by atoms with Crippen molar-refractivity contribution in [3.05, 3.63) is 23.3 Å². The Morgan fingerprint density at radius 1 is 1.29 bits per heavy atom. The molecule has 0 spiro atoms. The molecule has 1 aromatic carbocycles. The van der Waals surface area contributed by atoms with Gasteiger partial charge in [-0.05, 0) is 19.1 Å². The molecule has 21 heavy (non-hydrogen) atoms. The van der Waals surface area contributed by atoms with Gasteiger partial charge in [0.1, 0.15) is 0 Å². The maximum atomic E-state index is 13.1. The summed E-state index contributed by atoms with van der Waals surface area (Å²) in [6.45, 7) is 1.39. The molecule has 0 heterocycles. The second-order valence-electron chi connectivity index (χ2n) is 3.91. The van der Waals surface area contributed by atoms with Gasteiger partial charge in [0.25, 0.3) is 0 Å². The standard InChI is InChI=1S/C13H15F3O5/c1-4-21-12(18)10(17)9-7(13(14,15)16)5-6-8(19-2)11(9)20-3/h5-6,10,17H,4H2,1-3H3. The Morgan fingerprint density at radius 3 is 2.33 bits per heavy atom. The molecule has 1 aromatic rings. The number of aliphatic hydroxyl groups excluding tert-OH is 1. The van der Waals surface area contributed by atoms with Crippen LogP contribution in [-0.4, -0.2) is 31.9 Å². The molecule has 0 aromatic heterocycles. The summed E-state index contributed by atoms with van der Waals surface area (Å²) in [6, 6.07) is 1.75. The summed E-state index contributed by atoms with van der Waals surface area (Å²) < 4.78 is 53.4. The smallest absolute Gasteiger partial charge is 0.416 e. The van der Waals surface area contributed by atoms with Gasteiger partial charge in [-0.3, -0.25) is 0 Å². The van der Waals surface area contributed by atoms with E-state index in [9.17, 15) is 23.1 Å². The zero-order valence-electron chi connectivity index (χ0n) is 11.7. The van der Waals surface area contributed by atoms with Gasteiger partial charge in [0, 0.05) is 5.56 Å². The molecule has 0 bridgehead atoms. The van der Waals surface area contributed by atoms with E-state index in [2.05, 4.69) is 4.74 Å². The maximum absolute atomic E-state index is 13.1. The molecule has 118 valence electrons. The molecule has 1 atom stereocenters. The Bertz CT molecular complexity index is 513. The predicted octanol–water partition coefficient (Wildman–Crippen LogP) is 2.32. The van der Waals surface area contributed by atoms with Crippen LogP contribution in [0.3, 0.4) is 0 Å². The van der Waals surface area contributed by atoms with Gasteiger partial charge in [0.2, 0.25) is 0 Å². The highest BCUT2D eigenvalue weighted by molar-refractivity contribution is 5.78. The van der Waals surface area contributed by atoms with Gasteiger partial charge >= 0.3 is 12.1 Å². The highest BCUT2D eigenvalue weighted by Crippen LogP contribution is 2.44. The fourth-order valence-electron chi connectivity index (χ4n) is 1.81. The first-order valence-electron chi connectivity index (χ1n) is 5.94. The van der Waals surface area contributed by atoms with Crippen molar-refractivity contribution >= 4 is 5.97 Å². The van der Waals surface area contributed by atoms with E-state index in [1.165, 1.54) is 14.0 Å². The average molecular weight is 308 g/mol. The number of hydrogen-bond donors (Lipinski definition) is 1. The number of benzene rings is 1. The molecule has 0 saturated carbocycles. The van der Waals surface area contributed by atoms with Crippen LogP contribution in [0.15, 0.2) is 12.1 Å². The van der Waals surface area contributed by atoms with Crippen LogP contribution < -0.4 is 9.47 Å². The lowest BCUT2D eigenvalue weighted by Crippen LogP contribution is -2.21. The third-order valence-electron chi connectivity index (χ3n) is 2.67. The summed E-state index contributed by atoms with van der Waals surface area (Å²) in [4.78, 5) is 11.6. The molecule has 8 heteroatoms. The summed E-state index contributed by atoms with van der Waals surface area (Å²) >= 11 is 0. The van der Waals surface area contributed by atoms with Crippen LogP contribution in [0.5, 0.6) is 11.5 Å². The number of ether oxygens (including phenoxy) is 3. The van der Waals surface area contributed by atoms with Gasteiger partial charge in [-0.25, -0.2) is 4.79 Å². The number of hydrogen-bond acceptors (Lipinski definition) is 5. The number of carbonyl (C=O) groups is 1. The first-order chi connectivity index (χ1) is 9.77. The number of carbonyl (C=O) groups excluding carboxylic acids is 1. The molecule has 0 aliphatic heterocycles. The first-order valence-corrected chi connectivity index (χ1v) is 5.94. The normalized spacial score (nSPS) is 12.7. The Balaban J connectivity index is 3.52. The molecule has 0 saturated heterocycles. The highest BCUT2D eigenvalue weighted by Gasteiger charge is 2.40. The topological polar surface area (TPSA) is 65.0 Å². The number of rotatable bonds is 5. The summed E-state index contributed by atoms with van der Waals surface area (Å²) in [5.74, 6) is -1.61. The Hall–Kier alpha value is -1.96. The van der Waals surface area contributed by atoms with Crippen molar-refractivity contribution < 1.29 is 37.3 Å². The molecule has 0 radical (unpaired) electrons. The highest BCUT2D eigenvalue weighted by atomic mass is 19.4. The molecular formula is C13H15F3O5. The van der Waals surface area contributed by atoms with Crippen LogP contribution in [0.2, 0.25) is 0 Å². The van der Waals surface area contributed by atoms with Crippen LogP contribution in [-0.2, 0) is 15.7 Å². The molecule has 1 unspecified atom stereocenters. The Kier molecular flexibility index (Phi) is 5.42. The molecule has 1 rings (SSSR count). The summed E-state index contributed by atoms with van der Waals surface area (Å²) in [6.07, 6.45) is -6.91. The molecule has 5 nitrogen and oxygen atoms in total. The van der Waals surface area contributed by atoms with Gasteiger partial charge in [-0.1, -0.05) is 0 Å². The number of esters is 1. The van der Waals surface area contributed by atoms with E-state index in [0.717, 1.165) is 13.2 Å². The number of methoxy groups -OCH3 is 2. The lowest BCUT2D eigenvalue weighted by molar-refractivity contribution is -0.155. The van der Waals surface area contributed by atoms with Crippen LogP contribution in [0.4, 0.5) is 13.2 Å². The van der Waals surface area contributed by atoms with Crippen molar-refractivity contribution in [2.45, 2.75) is 19.2 Å². The van der Waals surface area contributed by atoms with Crippen molar-refractivity contribution in [3.63, 3.8) is 0 Å². The third-order valence-corrected chi connectivity index (χ3v) is 2.67. The van der Waals surface area contributed by atoms with E-state index >= 15 is 0 Å². The van der Waals surface area contributed by atoms with Gasteiger partial charge in [-0.2, -0.15) is 13.2 Å². The summed E-state index contributed by atoms with van der Waals surface area (Å²) in [7, 11) is 2.34. The SMILES string of the molecule is CCOC(=O)C(O)c1c(C(F)(F)F)ccc(OC)c1OC. The largest absolute Gasteiger partial charge is 0.493 e. The lowest BCUT2D eigenvalue weighted by Gasteiger charge is -2.21. The number of alkyl halides is 3. The van der Waals surface area contributed by atoms with Crippen molar-refractivity contribution in [1.29, 1.82) is 0 Å². The van der Waals surface area contributed by atoms with E-state index in [-0.39, 0.29) is 18.1 Å². The summed E-state index contributed by atoms with van der Waals surface area (Å²) in [5, 5.41) is 9.89. The summed E-state index contributed by atoms with van der Waals surface area (Å²) in [5.41, 5.74) is -1.93. The van der Waals surface area contributed by atoms with Crippen molar-refractivity contribution in [2.24, 2.45) is 0 Å². The monoisotopic (exact) mass is 308 g/mol. The third kappa shape index (κ3) is 3.57. The van der Waals surface area contributed by atoms with Crippen LogP contribution in [0, 0.1) is 0 Å². The fourth-order valence-corrected chi connectivity index (χ4v) is 1.81. The zero-order valence-corrected chi connectivity index (χ0v) is 11.7. The predicted molar refractivity (Wildman–Crippen MR) is 66.1 cm³/mol. The second kappa shape index (κ2) is 6.66. The van der Waals surface area contributed by atoms with Crippen LogP contribution in [0.25, 0.3) is 0 Å². The van der Waals surface area contributed by atoms with E-state index < -0.39 is 29.4 Å². The zero-order chi connectivity index (χ0) is 16.2. The van der Waals surface area contributed by atoms with Crippen LogP contribution >= 0.6 is 0 Å². The minimum Gasteiger partial charge on any atom is -0.493 e. The lowest BCUT2D eigenvalue weighted by atomic mass is 9.99. The number of aliphatic hydroxyl groups is 1. The Morgan fingerprint density at radius 2 is 1.90 bits per heavy atom.